The number of fused-ring (bicyclic) bond motifs is 3. The third-order valence-corrected chi connectivity index (χ3v) is 3.18. The van der Waals surface area contributed by atoms with E-state index >= 15 is 0 Å². The molecule has 1 atom stereocenters. The fourth-order valence-electron chi connectivity index (χ4n) is 2.36. The zero-order valence-corrected chi connectivity index (χ0v) is 9.62. The number of imide groups is 1. The average Bonchev–Trinajstić information content (AvgIpc) is 2.37. The lowest BCUT2D eigenvalue weighted by atomic mass is 9.91. The Hall–Kier alpha value is -2.76. The van der Waals surface area contributed by atoms with E-state index < -0.39 is 22.8 Å². The molecule has 0 spiro atoms. The van der Waals surface area contributed by atoms with Gasteiger partial charge in [0, 0.05) is 10.5 Å². The highest BCUT2D eigenvalue weighted by atomic mass is 16.6. The van der Waals surface area contributed by atoms with Crippen LogP contribution in [0.1, 0.15) is 22.0 Å². The second-order valence-electron chi connectivity index (χ2n) is 4.26. The standard InChI is InChI=1S/C13H8N2O4/c16-12-10-8-4-2-1-3-7(8)5-6-9(10)11(15(18)19)13(17)14-12/h1-6,11H,(H,14,16,17). The van der Waals surface area contributed by atoms with E-state index in [0.29, 0.717) is 5.39 Å². The summed E-state index contributed by atoms with van der Waals surface area (Å²) in [6.07, 6.45) is 0. The van der Waals surface area contributed by atoms with Gasteiger partial charge in [0.05, 0.1) is 5.56 Å². The summed E-state index contributed by atoms with van der Waals surface area (Å²) in [6, 6.07) is 8.69. The molecule has 0 saturated heterocycles. The molecule has 1 unspecified atom stereocenters. The number of nitro groups is 1. The molecular weight excluding hydrogens is 248 g/mol. The molecule has 0 aliphatic carbocycles. The Morgan fingerprint density at radius 2 is 1.84 bits per heavy atom. The number of carbonyl (C=O) groups is 2. The molecule has 1 aliphatic rings. The van der Waals surface area contributed by atoms with Crippen molar-refractivity contribution >= 4 is 22.6 Å². The van der Waals surface area contributed by atoms with Crippen molar-refractivity contribution in [2.45, 2.75) is 6.04 Å². The minimum absolute atomic E-state index is 0.150. The zero-order valence-electron chi connectivity index (χ0n) is 9.62. The van der Waals surface area contributed by atoms with Crippen LogP contribution in [0.5, 0.6) is 0 Å². The summed E-state index contributed by atoms with van der Waals surface area (Å²) in [6.45, 7) is 0. The summed E-state index contributed by atoms with van der Waals surface area (Å²) in [4.78, 5) is 33.8. The number of rotatable bonds is 1. The van der Waals surface area contributed by atoms with E-state index in [4.69, 9.17) is 0 Å². The first-order chi connectivity index (χ1) is 9.09. The van der Waals surface area contributed by atoms with Crippen LogP contribution in [-0.2, 0) is 4.79 Å². The van der Waals surface area contributed by atoms with Gasteiger partial charge in [0.2, 0.25) is 0 Å². The summed E-state index contributed by atoms with van der Waals surface area (Å²) < 4.78 is 0. The van der Waals surface area contributed by atoms with E-state index in [9.17, 15) is 19.7 Å². The van der Waals surface area contributed by atoms with Crippen LogP contribution in [0.15, 0.2) is 36.4 Å². The summed E-state index contributed by atoms with van der Waals surface area (Å²) in [5.74, 6) is -1.48. The van der Waals surface area contributed by atoms with Gasteiger partial charge in [-0.15, -0.1) is 0 Å². The number of hydrogen-bond donors (Lipinski definition) is 1. The molecule has 1 heterocycles. The summed E-state index contributed by atoms with van der Waals surface area (Å²) >= 11 is 0. The van der Waals surface area contributed by atoms with Gasteiger partial charge >= 0.3 is 11.9 Å². The molecule has 6 heteroatoms. The van der Waals surface area contributed by atoms with Crippen LogP contribution in [0.25, 0.3) is 10.8 Å². The molecule has 1 N–H and O–H groups in total. The topological polar surface area (TPSA) is 89.3 Å². The lowest BCUT2D eigenvalue weighted by Crippen LogP contribution is -2.43. The molecule has 2 amide bonds. The third kappa shape index (κ3) is 1.57. The van der Waals surface area contributed by atoms with Crippen LogP contribution in [-0.4, -0.2) is 16.7 Å². The Morgan fingerprint density at radius 3 is 2.58 bits per heavy atom. The van der Waals surface area contributed by atoms with Gasteiger partial charge in [-0.3, -0.25) is 25.0 Å². The molecule has 19 heavy (non-hydrogen) atoms. The van der Waals surface area contributed by atoms with Crippen LogP contribution in [0, 0.1) is 10.1 Å². The predicted octanol–water partition coefficient (Wildman–Crippen LogP) is 1.43. The van der Waals surface area contributed by atoms with E-state index in [0.717, 1.165) is 5.39 Å². The lowest BCUT2D eigenvalue weighted by Gasteiger charge is -2.20. The van der Waals surface area contributed by atoms with E-state index in [1.807, 2.05) is 11.4 Å². The second-order valence-corrected chi connectivity index (χ2v) is 4.26. The monoisotopic (exact) mass is 256 g/mol. The van der Waals surface area contributed by atoms with Crippen molar-refractivity contribution < 1.29 is 14.5 Å². The fourth-order valence-corrected chi connectivity index (χ4v) is 2.36. The smallest absolute Gasteiger partial charge is 0.286 e. The van der Waals surface area contributed by atoms with Crippen molar-refractivity contribution in [3.05, 3.63) is 57.6 Å². The molecule has 0 saturated carbocycles. The van der Waals surface area contributed by atoms with Gasteiger partial charge in [-0.05, 0) is 10.8 Å². The van der Waals surface area contributed by atoms with Crippen LogP contribution in [0.4, 0.5) is 0 Å². The molecule has 0 aromatic heterocycles. The SMILES string of the molecule is O=C1NC(=O)C([N+](=O)[O-])c2ccc3ccccc3c21. The van der Waals surface area contributed by atoms with Gasteiger partial charge in [-0.25, -0.2) is 0 Å². The Balaban J connectivity index is 2.37. The molecule has 3 rings (SSSR count). The zero-order chi connectivity index (χ0) is 13.6. The summed E-state index contributed by atoms with van der Waals surface area (Å²) in [7, 11) is 0. The van der Waals surface area contributed by atoms with E-state index in [-0.39, 0.29) is 11.1 Å². The molecular formula is C13H8N2O4. The van der Waals surface area contributed by atoms with Crippen molar-refractivity contribution in [2.24, 2.45) is 0 Å². The largest absolute Gasteiger partial charge is 0.316 e. The van der Waals surface area contributed by atoms with Crippen LogP contribution in [0.2, 0.25) is 0 Å². The first kappa shape index (κ1) is 11.3. The van der Waals surface area contributed by atoms with Crippen LogP contribution >= 0.6 is 0 Å². The van der Waals surface area contributed by atoms with Gasteiger partial charge in [0.1, 0.15) is 0 Å². The highest BCUT2D eigenvalue weighted by Gasteiger charge is 2.41. The van der Waals surface area contributed by atoms with Crippen molar-refractivity contribution in [3.63, 3.8) is 0 Å². The highest BCUT2D eigenvalue weighted by molar-refractivity contribution is 6.17. The first-order valence-corrected chi connectivity index (χ1v) is 5.60. The molecule has 94 valence electrons. The molecule has 0 fully saturated rings. The quantitative estimate of drug-likeness (QED) is 0.474. The Bertz CT molecular complexity index is 739. The summed E-state index contributed by atoms with van der Waals surface area (Å²) in [5.41, 5.74) is 0.358. The number of carbonyl (C=O) groups excluding carboxylic acids is 2. The number of nitrogens with zero attached hydrogens (tertiary/aromatic N) is 1. The molecule has 2 aromatic rings. The highest BCUT2D eigenvalue weighted by Crippen LogP contribution is 2.31. The number of benzene rings is 2. The van der Waals surface area contributed by atoms with Gasteiger partial charge in [-0.1, -0.05) is 36.4 Å². The maximum Gasteiger partial charge on any atom is 0.316 e. The fraction of sp³-hybridized carbons (Fsp3) is 0.0769. The van der Waals surface area contributed by atoms with E-state index in [1.165, 1.54) is 6.07 Å². The Kier molecular flexibility index (Phi) is 2.31. The first-order valence-electron chi connectivity index (χ1n) is 5.60. The second kappa shape index (κ2) is 3.88. The minimum Gasteiger partial charge on any atom is -0.286 e. The van der Waals surface area contributed by atoms with Gasteiger partial charge in [0.15, 0.2) is 0 Å². The van der Waals surface area contributed by atoms with Crippen LogP contribution < -0.4 is 5.32 Å². The molecule has 0 bridgehead atoms. The van der Waals surface area contributed by atoms with Crippen molar-refractivity contribution in [1.82, 2.24) is 5.32 Å². The maximum absolute atomic E-state index is 11.9. The average molecular weight is 256 g/mol. The summed E-state index contributed by atoms with van der Waals surface area (Å²) in [5, 5.41) is 14.5. The normalized spacial score (nSPS) is 18.0. The Morgan fingerprint density at radius 1 is 1.11 bits per heavy atom. The van der Waals surface area contributed by atoms with Gasteiger partial charge in [0.25, 0.3) is 5.91 Å². The Labute approximate surface area is 107 Å². The molecule has 2 aromatic carbocycles. The minimum atomic E-state index is -1.53. The number of nitrogens with one attached hydrogen (secondary N) is 1. The molecule has 0 radical (unpaired) electrons. The number of hydrogen-bond acceptors (Lipinski definition) is 4. The van der Waals surface area contributed by atoms with Crippen molar-refractivity contribution in [3.8, 4) is 0 Å². The van der Waals surface area contributed by atoms with Gasteiger partial charge < -0.3 is 0 Å². The molecule has 1 aliphatic heterocycles. The maximum atomic E-state index is 11.9. The van der Waals surface area contributed by atoms with Crippen molar-refractivity contribution in [1.29, 1.82) is 0 Å². The van der Waals surface area contributed by atoms with Gasteiger partial charge in [-0.2, -0.15) is 0 Å². The van der Waals surface area contributed by atoms with Crippen molar-refractivity contribution in [2.75, 3.05) is 0 Å². The third-order valence-electron chi connectivity index (χ3n) is 3.18. The predicted molar refractivity (Wildman–Crippen MR) is 66.2 cm³/mol. The van der Waals surface area contributed by atoms with E-state index in [2.05, 4.69) is 0 Å². The number of amides is 2. The molecule has 6 nitrogen and oxygen atoms in total. The van der Waals surface area contributed by atoms with E-state index in [1.54, 1.807) is 24.3 Å². The van der Waals surface area contributed by atoms with Crippen LogP contribution in [0.3, 0.4) is 0 Å². The lowest BCUT2D eigenvalue weighted by molar-refractivity contribution is -0.513.